The van der Waals surface area contributed by atoms with Gasteiger partial charge in [0.1, 0.15) is 5.75 Å². The second-order valence-corrected chi connectivity index (χ2v) is 10.3. The normalized spacial score (nSPS) is 14.7. The molecule has 0 atom stereocenters. The fraction of sp³-hybridized carbons (Fsp3) is 0.500. The van der Waals surface area contributed by atoms with Crippen LogP contribution in [0.3, 0.4) is 0 Å². The van der Waals surface area contributed by atoms with E-state index in [0.717, 1.165) is 35.0 Å². The van der Waals surface area contributed by atoms with E-state index < -0.39 is 7.60 Å². The Bertz CT molecular complexity index is 884. The average molecular weight is 467 g/mol. The number of carbonyl (C=O) groups is 1. The molecular formula is C22H31N2O5PS. The Morgan fingerprint density at radius 1 is 1.06 bits per heavy atom. The molecule has 0 spiro atoms. The molecule has 1 aromatic heterocycles. The second kappa shape index (κ2) is 11.1. The molecule has 1 aliphatic rings. The van der Waals surface area contributed by atoms with E-state index in [1.54, 1.807) is 21.0 Å². The lowest BCUT2D eigenvalue weighted by Gasteiger charge is -2.36. The first kappa shape index (κ1) is 23.8. The summed E-state index contributed by atoms with van der Waals surface area (Å²) in [6.45, 7) is 7.28. The molecule has 7 nitrogen and oxygen atoms in total. The number of benzene rings is 1. The Kier molecular flexibility index (Phi) is 8.55. The summed E-state index contributed by atoms with van der Waals surface area (Å²) in [6, 6.07) is 9.91. The first-order valence-corrected chi connectivity index (χ1v) is 13.2. The number of aryl methyl sites for hydroxylation is 1. The molecule has 0 saturated carbocycles. The van der Waals surface area contributed by atoms with Gasteiger partial charge in [-0.05, 0) is 61.5 Å². The van der Waals surface area contributed by atoms with Gasteiger partial charge in [0.05, 0.1) is 31.4 Å². The van der Waals surface area contributed by atoms with Crippen molar-refractivity contribution in [1.82, 2.24) is 4.90 Å². The van der Waals surface area contributed by atoms with E-state index in [9.17, 15) is 9.36 Å². The summed E-state index contributed by atoms with van der Waals surface area (Å²) in [7, 11) is -1.41. The zero-order chi connectivity index (χ0) is 22.3. The minimum Gasteiger partial charge on any atom is -0.497 e. The highest BCUT2D eigenvalue weighted by Crippen LogP contribution is 2.48. The Balaban J connectivity index is 1.53. The van der Waals surface area contributed by atoms with Gasteiger partial charge in [-0.25, -0.2) is 0 Å². The minimum atomic E-state index is -3.07. The maximum absolute atomic E-state index is 12.9. The topological polar surface area (TPSA) is 68.3 Å². The maximum atomic E-state index is 12.9. The van der Waals surface area contributed by atoms with E-state index in [-0.39, 0.29) is 5.91 Å². The lowest BCUT2D eigenvalue weighted by atomic mass is 10.2. The number of anilines is 1. The Morgan fingerprint density at radius 3 is 2.29 bits per heavy atom. The third-order valence-electron chi connectivity index (χ3n) is 5.19. The number of thiophene rings is 1. The number of ether oxygens (including phenoxy) is 1. The van der Waals surface area contributed by atoms with E-state index in [0.29, 0.717) is 38.9 Å². The predicted molar refractivity (Wildman–Crippen MR) is 125 cm³/mol. The summed E-state index contributed by atoms with van der Waals surface area (Å²) in [5.74, 6) is 0.897. The van der Waals surface area contributed by atoms with E-state index in [1.807, 2.05) is 40.6 Å². The third kappa shape index (κ3) is 6.32. The number of nitrogens with zero attached hydrogens (tertiary/aromatic N) is 2. The quantitative estimate of drug-likeness (QED) is 0.480. The molecule has 0 radical (unpaired) electrons. The maximum Gasteiger partial charge on any atom is 0.330 e. The minimum absolute atomic E-state index is 0.0587. The van der Waals surface area contributed by atoms with Crippen molar-refractivity contribution in [3.8, 4) is 5.75 Å². The Morgan fingerprint density at radius 2 is 1.71 bits per heavy atom. The van der Waals surface area contributed by atoms with E-state index >= 15 is 0 Å². The monoisotopic (exact) mass is 466 g/mol. The van der Waals surface area contributed by atoms with Crippen LogP contribution < -0.4 is 9.64 Å². The summed E-state index contributed by atoms with van der Waals surface area (Å²) in [5, 5.41) is 1.96. The molecule has 0 aliphatic carbocycles. The molecule has 31 heavy (non-hydrogen) atoms. The first-order chi connectivity index (χ1) is 15.0. The molecule has 0 N–H and O–H groups in total. The summed E-state index contributed by atoms with van der Waals surface area (Å²) in [6.07, 6.45) is 0.881. The van der Waals surface area contributed by atoms with Crippen molar-refractivity contribution in [2.45, 2.75) is 20.3 Å². The van der Waals surface area contributed by atoms with Gasteiger partial charge in [-0.1, -0.05) is 0 Å². The van der Waals surface area contributed by atoms with Crippen LogP contribution in [0, 0.1) is 0 Å². The number of hydrogen-bond donors (Lipinski definition) is 0. The average Bonchev–Trinajstić information content (AvgIpc) is 3.27. The summed E-state index contributed by atoms with van der Waals surface area (Å²) in [4.78, 5) is 17.8. The number of carbonyl (C=O) groups excluding carboxylic acids is 1. The zero-order valence-electron chi connectivity index (χ0n) is 18.4. The summed E-state index contributed by atoms with van der Waals surface area (Å²) >= 11 is 1.44. The molecule has 170 valence electrons. The van der Waals surface area contributed by atoms with Crippen molar-refractivity contribution in [3.63, 3.8) is 0 Å². The molecule has 1 aliphatic heterocycles. The molecule has 3 rings (SSSR count). The smallest absolute Gasteiger partial charge is 0.330 e. The van der Waals surface area contributed by atoms with Crippen LogP contribution in [0.25, 0.3) is 0 Å². The Labute approximate surface area is 188 Å². The zero-order valence-corrected chi connectivity index (χ0v) is 20.1. The van der Waals surface area contributed by atoms with Crippen LogP contribution >= 0.6 is 18.9 Å². The van der Waals surface area contributed by atoms with Gasteiger partial charge in [0.25, 0.3) is 5.91 Å². The van der Waals surface area contributed by atoms with Gasteiger partial charge < -0.3 is 23.6 Å². The van der Waals surface area contributed by atoms with E-state index in [2.05, 4.69) is 4.90 Å². The molecule has 2 aromatic rings. The number of piperazine rings is 1. The van der Waals surface area contributed by atoms with Crippen molar-refractivity contribution < 1.29 is 23.1 Å². The highest BCUT2D eigenvalue weighted by atomic mass is 32.1. The lowest BCUT2D eigenvalue weighted by molar-refractivity contribution is 0.0751. The SMILES string of the molecule is CCOP(=O)(CCc1csc(C(=O)N2CCN(c3ccc(OC)cc3)CC2)c1)OCC. The van der Waals surface area contributed by atoms with Crippen LogP contribution in [0.4, 0.5) is 5.69 Å². The van der Waals surface area contributed by atoms with Crippen molar-refractivity contribution >= 4 is 30.5 Å². The van der Waals surface area contributed by atoms with E-state index in [1.165, 1.54) is 11.3 Å². The number of methoxy groups -OCH3 is 1. The molecule has 1 aromatic carbocycles. The first-order valence-electron chi connectivity index (χ1n) is 10.6. The van der Waals surface area contributed by atoms with Gasteiger partial charge in [0.2, 0.25) is 0 Å². The second-order valence-electron chi connectivity index (χ2n) is 7.22. The van der Waals surface area contributed by atoms with Crippen LogP contribution in [0.1, 0.15) is 29.1 Å². The van der Waals surface area contributed by atoms with Gasteiger partial charge in [-0.15, -0.1) is 11.3 Å². The molecule has 1 amide bonds. The van der Waals surface area contributed by atoms with Crippen LogP contribution in [-0.2, 0) is 20.0 Å². The van der Waals surface area contributed by atoms with Crippen molar-refractivity contribution in [3.05, 3.63) is 46.2 Å². The van der Waals surface area contributed by atoms with Crippen LogP contribution in [-0.4, -0.2) is 63.5 Å². The van der Waals surface area contributed by atoms with Crippen LogP contribution in [0.2, 0.25) is 0 Å². The van der Waals surface area contributed by atoms with Gasteiger partial charge in [0, 0.05) is 31.9 Å². The molecule has 2 heterocycles. The number of rotatable bonds is 10. The standard InChI is InChI=1S/C22H31N2O5PS/c1-4-28-30(26,29-5-2)15-10-18-16-21(31-17-18)22(25)24-13-11-23(12-14-24)19-6-8-20(27-3)9-7-19/h6-9,16-17H,4-5,10-15H2,1-3H3. The molecule has 0 unspecified atom stereocenters. The number of amides is 1. The van der Waals surface area contributed by atoms with Gasteiger partial charge in [-0.3, -0.25) is 9.36 Å². The molecule has 0 bridgehead atoms. The lowest BCUT2D eigenvalue weighted by Crippen LogP contribution is -2.48. The van der Waals surface area contributed by atoms with Crippen LogP contribution in [0.5, 0.6) is 5.75 Å². The predicted octanol–water partition coefficient (Wildman–Crippen LogP) is 4.53. The van der Waals surface area contributed by atoms with Crippen molar-refractivity contribution in [2.75, 3.05) is 57.6 Å². The molecule has 1 saturated heterocycles. The van der Waals surface area contributed by atoms with Gasteiger partial charge in [-0.2, -0.15) is 0 Å². The largest absolute Gasteiger partial charge is 0.497 e. The Hall–Kier alpha value is -1.86. The van der Waals surface area contributed by atoms with Crippen LogP contribution in [0.15, 0.2) is 35.7 Å². The fourth-order valence-corrected chi connectivity index (χ4v) is 6.13. The van der Waals surface area contributed by atoms with Crippen molar-refractivity contribution in [2.24, 2.45) is 0 Å². The molecule has 1 fully saturated rings. The molecule has 9 heteroatoms. The van der Waals surface area contributed by atoms with Gasteiger partial charge >= 0.3 is 7.60 Å². The van der Waals surface area contributed by atoms with Gasteiger partial charge in [0.15, 0.2) is 0 Å². The highest BCUT2D eigenvalue weighted by molar-refractivity contribution is 7.53. The third-order valence-corrected chi connectivity index (χ3v) is 8.24. The molecular weight excluding hydrogens is 435 g/mol. The highest BCUT2D eigenvalue weighted by Gasteiger charge is 2.25. The number of hydrogen-bond acceptors (Lipinski definition) is 7. The summed E-state index contributed by atoms with van der Waals surface area (Å²) < 4.78 is 28.5. The van der Waals surface area contributed by atoms with E-state index in [4.69, 9.17) is 13.8 Å². The summed E-state index contributed by atoms with van der Waals surface area (Å²) in [5.41, 5.74) is 2.13. The fourth-order valence-electron chi connectivity index (χ4n) is 3.56. The van der Waals surface area contributed by atoms with Crippen molar-refractivity contribution in [1.29, 1.82) is 0 Å².